The standard InChI is InChI=1S/C18H20ClNO5S/c1-12-5-8-15(9-6-12)26(22,23)20(13(2)18(19)21)16-11-14(24-3)7-10-17(16)25-4/h5-11,13H,1-4H3. The summed E-state index contributed by atoms with van der Waals surface area (Å²) in [6.45, 7) is 3.27. The summed E-state index contributed by atoms with van der Waals surface area (Å²) in [5.41, 5.74) is 1.07. The maximum Gasteiger partial charge on any atom is 0.265 e. The zero-order valence-corrected chi connectivity index (χ0v) is 16.5. The summed E-state index contributed by atoms with van der Waals surface area (Å²) in [6.07, 6.45) is 0. The molecule has 0 aliphatic carbocycles. The third kappa shape index (κ3) is 3.94. The van der Waals surface area contributed by atoms with E-state index in [0.29, 0.717) is 5.75 Å². The van der Waals surface area contributed by atoms with Crippen molar-refractivity contribution in [1.29, 1.82) is 0 Å². The summed E-state index contributed by atoms with van der Waals surface area (Å²) in [5, 5.41) is -0.814. The van der Waals surface area contributed by atoms with Crippen LogP contribution in [0.25, 0.3) is 0 Å². The fourth-order valence-corrected chi connectivity index (χ4v) is 4.21. The van der Waals surface area contributed by atoms with Crippen molar-refractivity contribution < 1.29 is 22.7 Å². The summed E-state index contributed by atoms with van der Waals surface area (Å²) in [7, 11) is -1.21. The molecule has 1 atom stereocenters. The lowest BCUT2D eigenvalue weighted by molar-refractivity contribution is -0.112. The number of rotatable bonds is 7. The highest BCUT2D eigenvalue weighted by Crippen LogP contribution is 2.37. The molecular formula is C18H20ClNO5S. The normalized spacial score (nSPS) is 12.3. The first-order valence-electron chi connectivity index (χ1n) is 7.75. The van der Waals surface area contributed by atoms with Crippen molar-refractivity contribution in [2.24, 2.45) is 0 Å². The van der Waals surface area contributed by atoms with Crippen LogP contribution in [0.2, 0.25) is 0 Å². The molecule has 26 heavy (non-hydrogen) atoms. The van der Waals surface area contributed by atoms with Crippen molar-refractivity contribution in [3.05, 3.63) is 48.0 Å². The zero-order chi connectivity index (χ0) is 19.5. The van der Waals surface area contributed by atoms with Gasteiger partial charge in [-0.3, -0.25) is 9.10 Å². The molecule has 2 aromatic rings. The average Bonchev–Trinajstić information content (AvgIpc) is 2.61. The number of sulfonamides is 1. The van der Waals surface area contributed by atoms with Gasteiger partial charge in [0.1, 0.15) is 17.5 Å². The number of halogens is 1. The Kier molecular flexibility index (Phi) is 6.15. The molecule has 1 unspecified atom stereocenters. The monoisotopic (exact) mass is 397 g/mol. The van der Waals surface area contributed by atoms with Crippen LogP contribution >= 0.6 is 11.6 Å². The van der Waals surface area contributed by atoms with Crippen LogP contribution in [-0.2, 0) is 14.8 Å². The van der Waals surface area contributed by atoms with Gasteiger partial charge in [0.2, 0.25) is 5.24 Å². The van der Waals surface area contributed by atoms with Crippen molar-refractivity contribution in [2.45, 2.75) is 24.8 Å². The molecule has 0 fully saturated rings. The van der Waals surface area contributed by atoms with Gasteiger partial charge in [0.05, 0.1) is 24.8 Å². The van der Waals surface area contributed by atoms with Crippen LogP contribution in [0, 0.1) is 6.92 Å². The number of hydrogen-bond donors (Lipinski definition) is 0. The van der Waals surface area contributed by atoms with Crippen molar-refractivity contribution in [3.8, 4) is 11.5 Å². The van der Waals surface area contributed by atoms with E-state index < -0.39 is 21.3 Å². The molecule has 8 heteroatoms. The third-order valence-electron chi connectivity index (χ3n) is 3.88. The fraction of sp³-hybridized carbons (Fsp3) is 0.278. The summed E-state index contributed by atoms with van der Waals surface area (Å²) < 4.78 is 38.0. The second-order valence-corrected chi connectivity index (χ2v) is 7.82. The molecule has 0 aliphatic heterocycles. The number of carbonyl (C=O) groups is 1. The Morgan fingerprint density at radius 1 is 1.08 bits per heavy atom. The Bertz CT molecular complexity index is 896. The molecule has 0 heterocycles. The van der Waals surface area contributed by atoms with Gasteiger partial charge >= 0.3 is 0 Å². The fourth-order valence-electron chi connectivity index (χ4n) is 2.43. The van der Waals surface area contributed by atoms with Gasteiger partial charge < -0.3 is 9.47 Å². The minimum atomic E-state index is -4.08. The van der Waals surface area contributed by atoms with Crippen LogP contribution in [0.3, 0.4) is 0 Å². The van der Waals surface area contributed by atoms with Gasteiger partial charge in [0.25, 0.3) is 10.0 Å². The van der Waals surface area contributed by atoms with E-state index in [4.69, 9.17) is 21.1 Å². The van der Waals surface area contributed by atoms with Crippen LogP contribution in [0.1, 0.15) is 12.5 Å². The van der Waals surface area contributed by atoms with E-state index in [2.05, 4.69) is 0 Å². The predicted octanol–water partition coefficient (Wildman–Crippen LogP) is 3.36. The molecule has 0 amide bonds. The number of anilines is 1. The largest absolute Gasteiger partial charge is 0.497 e. The van der Waals surface area contributed by atoms with Gasteiger partial charge in [0.15, 0.2) is 0 Å². The van der Waals surface area contributed by atoms with E-state index in [1.807, 2.05) is 6.92 Å². The van der Waals surface area contributed by atoms with Gasteiger partial charge in [-0.1, -0.05) is 17.7 Å². The lowest BCUT2D eigenvalue weighted by Crippen LogP contribution is -2.42. The van der Waals surface area contributed by atoms with E-state index in [-0.39, 0.29) is 16.3 Å². The van der Waals surface area contributed by atoms with E-state index in [0.717, 1.165) is 9.87 Å². The minimum Gasteiger partial charge on any atom is -0.497 e. The third-order valence-corrected chi connectivity index (χ3v) is 6.10. The SMILES string of the molecule is COc1ccc(OC)c(N(C(C)C(=O)Cl)S(=O)(=O)c2ccc(C)cc2)c1. The minimum absolute atomic E-state index is 0.0396. The highest BCUT2D eigenvalue weighted by atomic mass is 35.5. The lowest BCUT2D eigenvalue weighted by Gasteiger charge is -2.29. The first-order valence-corrected chi connectivity index (χ1v) is 9.56. The molecule has 0 aliphatic rings. The second-order valence-electron chi connectivity index (χ2n) is 5.63. The van der Waals surface area contributed by atoms with E-state index in [1.165, 1.54) is 39.3 Å². The first-order chi connectivity index (χ1) is 12.2. The molecule has 140 valence electrons. The molecule has 0 saturated heterocycles. The highest BCUT2D eigenvalue weighted by Gasteiger charge is 2.34. The first kappa shape index (κ1) is 20.1. The lowest BCUT2D eigenvalue weighted by atomic mass is 10.2. The van der Waals surface area contributed by atoms with Crippen molar-refractivity contribution in [3.63, 3.8) is 0 Å². The molecule has 0 bridgehead atoms. The predicted molar refractivity (Wildman–Crippen MR) is 101 cm³/mol. The summed E-state index contributed by atoms with van der Waals surface area (Å²) in [5.74, 6) is 0.686. The maximum atomic E-state index is 13.3. The van der Waals surface area contributed by atoms with Gasteiger partial charge in [0, 0.05) is 6.07 Å². The van der Waals surface area contributed by atoms with E-state index >= 15 is 0 Å². The Labute approximate surface area is 158 Å². The number of nitrogens with zero attached hydrogens (tertiary/aromatic N) is 1. The van der Waals surface area contributed by atoms with E-state index in [9.17, 15) is 13.2 Å². The van der Waals surface area contributed by atoms with Gasteiger partial charge in [-0.25, -0.2) is 8.42 Å². The van der Waals surface area contributed by atoms with Crippen molar-refractivity contribution >= 4 is 32.6 Å². The van der Waals surface area contributed by atoms with Crippen LogP contribution in [0.4, 0.5) is 5.69 Å². The zero-order valence-electron chi connectivity index (χ0n) is 14.9. The number of aryl methyl sites for hydroxylation is 1. The number of methoxy groups -OCH3 is 2. The Morgan fingerprint density at radius 2 is 1.69 bits per heavy atom. The molecule has 2 rings (SSSR count). The smallest absolute Gasteiger partial charge is 0.265 e. The topological polar surface area (TPSA) is 72.9 Å². The molecule has 0 aromatic heterocycles. The molecule has 0 radical (unpaired) electrons. The second kappa shape index (κ2) is 7.97. The number of ether oxygens (including phenoxy) is 2. The van der Waals surface area contributed by atoms with Gasteiger partial charge in [-0.2, -0.15) is 0 Å². The summed E-state index contributed by atoms with van der Waals surface area (Å²) in [6, 6.07) is 9.86. The number of hydrogen-bond acceptors (Lipinski definition) is 5. The highest BCUT2D eigenvalue weighted by molar-refractivity contribution is 7.93. The van der Waals surface area contributed by atoms with Crippen LogP contribution in [0.15, 0.2) is 47.4 Å². The maximum absolute atomic E-state index is 13.3. The number of benzene rings is 2. The molecular weight excluding hydrogens is 378 g/mol. The summed E-state index contributed by atoms with van der Waals surface area (Å²) in [4.78, 5) is 11.9. The quantitative estimate of drug-likeness (QED) is 0.670. The van der Waals surface area contributed by atoms with Gasteiger partial charge in [-0.05, 0) is 49.7 Å². The average molecular weight is 398 g/mol. The molecule has 0 saturated carbocycles. The summed E-state index contributed by atoms with van der Waals surface area (Å²) >= 11 is 5.64. The van der Waals surface area contributed by atoms with Crippen LogP contribution < -0.4 is 13.8 Å². The Balaban J connectivity index is 2.72. The van der Waals surface area contributed by atoms with Crippen LogP contribution in [-0.4, -0.2) is 33.9 Å². The Morgan fingerprint density at radius 3 is 2.19 bits per heavy atom. The van der Waals surface area contributed by atoms with Crippen LogP contribution in [0.5, 0.6) is 11.5 Å². The molecule has 0 spiro atoms. The Hall–Kier alpha value is -2.25. The molecule has 6 nitrogen and oxygen atoms in total. The molecule has 2 aromatic carbocycles. The van der Waals surface area contributed by atoms with Gasteiger partial charge in [-0.15, -0.1) is 0 Å². The number of carbonyl (C=O) groups excluding carboxylic acids is 1. The molecule has 0 N–H and O–H groups in total. The van der Waals surface area contributed by atoms with Crippen molar-refractivity contribution in [1.82, 2.24) is 0 Å². The van der Waals surface area contributed by atoms with Crippen molar-refractivity contribution in [2.75, 3.05) is 18.5 Å². The van der Waals surface area contributed by atoms with E-state index in [1.54, 1.807) is 24.3 Å².